The van der Waals surface area contributed by atoms with E-state index in [4.69, 9.17) is 16.3 Å². The van der Waals surface area contributed by atoms with Crippen LogP contribution in [0.1, 0.15) is 12.0 Å². The van der Waals surface area contributed by atoms with E-state index in [0.29, 0.717) is 18.9 Å². The van der Waals surface area contributed by atoms with Gasteiger partial charge in [-0.2, -0.15) is 8.78 Å². The van der Waals surface area contributed by atoms with E-state index in [1.165, 1.54) is 19.2 Å². The molecule has 0 bridgehead atoms. The molecule has 0 spiro atoms. The minimum atomic E-state index is -2.89. The van der Waals surface area contributed by atoms with Crippen molar-refractivity contribution in [2.45, 2.75) is 18.4 Å². The van der Waals surface area contributed by atoms with Gasteiger partial charge in [0, 0.05) is 24.6 Å². The molecule has 1 aromatic carbocycles. The number of ether oxygens (including phenoxy) is 1. The van der Waals surface area contributed by atoms with Crippen molar-refractivity contribution >= 4 is 11.6 Å². The zero-order valence-corrected chi connectivity index (χ0v) is 11.1. The second kappa shape index (κ2) is 7.67. The van der Waals surface area contributed by atoms with Crippen LogP contribution in [0, 0.1) is 0 Å². The summed E-state index contributed by atoms with van der Waals surface area (Å²) in [5.41, 5.74) is 0.0135. The molecule has 0 saturated carbocycles. The predicted molar refractivity (Wildman–Crippen MR) is 69.3 cm³/mol. The van der Waals surface area contributed by atoms with Crippen LogP contribution < -0.4 is 5.32 Å². The fourth-order valence-electron chi connectivity index (χ4n) is 1.63. The third kappa shape index (κ3) is 4.88. The van der Waals surface area contributed by atoms with Gasteiger partial charge in [0.2, 0.25) is 0 Å². The first-order valence-corrected chi connectivity index (χ1v) is 6.35. The molecule has 5 heteroatoms. The largest absolute Gasteiger partial charge is 0.383 e. The van der Waals surface area contributed by atoms with Crippen molar-refractivity contribution in [1.82, 2.24) is 5.32 Å². The molecule has 1 atom stereocenters. The summed E-state index contributed by atoms with van der Waals surface area (Å²) in [5, 5.41) is 2.80. The van der Waals surface area contributed by atoms with Crippen molar-refractivity contribution in [2.24, 2.45) is 0 Å². The number of hydrogen-bond donors (Lipinski definition) is 1. The molecule has 18 heavy (non-hydrogen) atoms. The first kappa shape index (κ1) is 15.3. The quantitative estimate of drug-likeness (QED) is 0.738. The van der Waals surface area contributed by atoms with Crippen LogP contribution in [-0.2, 0) is 10.7 Å². The molecule has 0 aliphatic heterocycles. The molecule has 1 unspecified atom stereocenters. The first-order chi connectivity index (χ1) is 8.60. The summed E-state index contributed by atoms with van der Waals surface area (Å²) in [6, 6.07) is 7.63. The fraction of sp³-hybridized carbons (Fsp3) is 0.538. The fourth-order valence-corrected chi connectivity index (χ4v) is 1.90. The Hall–Kier alpha value is -0.710. The summed E-state index contributed by atoms with van der Waals surface area (Å²) < 4.78 is 32.7. The number of alkyl halides is 3. The third-order valence-corrected chi connectivity index (χ3v) is 2.85. The number of methoxy groups -OCH3 is 1. The van der Waals surface area contributed by atoms with Gasteiger partial charge in [-0.3, -0.25) is 0 Å². The van der Waals surface area contributed by atoms with Gasteiger partial charge >= 0.3 is 0 Å². The molecule has 0 aliphatic rings. The summed E-state index contributed by atoms with van der Waals surface area (Å²) in [4.78, 5) is 0. The Bertz CT molecular complexity index is 329. The second-order valence-corrected chi connectivity index (χ2v) is 4.46. The first-order valence-electron chi connectivity index (χ1n) is 5.82. The summed E-state index contributed by atoms with van der Waals surface area (Å²) in [6.45, 7) is -0.0421. The number of benzene rings is 1. The van der Waals surface area contributed by atoms with E-state index in [9.17, 15) is 8.78 Å². The maximum Gasteiger partial charge on any atom is 0.285 e. The molecule has 1 aromatic rings. The maximum absolute atomic E-state index is 13.9. The summed E-state index contributed by atoms with van der Waals surface area (Å²) in [7, 11) is 1.54. The molecule has 102 valence electrons. The van der Waals surface area contributed by atoms with E-state index in [1.54, 1.807) is 18.2 Å². The molecule has 0 fully saturated rings. The van der Waals surface area contributed by atoms with E-state index in [0.717, 1.165) is 0 Å². The summed E-state index contributed by atoms with van der Waals surface area (Å²) in [6.07, 6.45) is 0.597. The molecule has 1 rings (SSSR count). The Morgan fingerprint density at radius 2 is 2.00 bits per heavy atom. The highest BCUT2D eigenvalue weighted by Gasteiger charge is 2.31. The average molecular weight is 278 g/mol. The second-order valence-electron chi connectivity index (χ2n) is 4.08. The number of hydrogen-bond acceptors (Lipinski definition) is 2. The average Bonchev–Trinajstić information content (AvgIpc) is 2.38. The van der Waals surface area contributed by atoms with Gasteiger partial charge in [-0.15, -0.1) is 11.6 Å². The number of halogens is 3. The smallest absolute Gasteiger partial charge is 0.285 e. The SMILES string of the molecule is COCC(CCCl)NCC(F)(F)c1ccccc1. The van der Waals surface area contributed by atoms with Crippen LogP contribution in [0.3, 0.4) is 0 Å². The molecule has 0 aliphatic carbocycles. The van der Waals surface area contributed by atoms with Gasteiger partial charge in [-0.25, -0.2) is 0 Å². The van der Waals surface area contributed by atoms with Crippen LogP contribution in [0.5, 0.6) is 0 Å². The Labute approximate surface area is 111 Å². The van der Waals surface area contributed by atoms with E-state index >= 15 is 0 Å². The zero-order chi connectivity index (χ0) is 13.4. The Morgan fingerprint density at radius 3 is 2.56 bits per heavy atom. The van der Waals surface area contributed by atoms with E-state index in [-0.39, 0.29) is 11.6 Å². The highest BCUT2D eigenvalue weighted by atomic mass is 35.5. The number of rotatable bonds is 8. The third-order valence-electron chi connectivity index (χ3n) is 2.63. The minimum Gasteiger partial charge on any atom is -0.383 e. The van der Waals surface area contributed by atoms with Crippen LogP contribution in [0.25, 0.3) is 0 Å². The van der Waals surface area contributed by atoms with Gasteiger partial charge in [0.05, 0.1) is 13.2 Å². The van der Waals surface area contributed by atoms with Crippen LogP contribution in [-0.4, -0.2) is 32.2 Å². The van der Waals surface area contributed by atoms with Gasteiger partial charge in [0.1, 0.15) is 0 Å². The van der Waals surface area contributed by atoms with E-state index in [1.807, 2.05) is 0 Å². The Kier molecular flexibility index (Phi) is 6.54. The molecular weight excluding hydrogens is 260 g/mol. The molecular formula is C13H18ClF2NO. The lowest BCUT2D eigenvalue weighted by molar-refractivity contribution is -0.00838. The molecule has 0 amide bonds. The number of nitrogens with one attached hydrogen (secondary N) is 1. The molecule has 0 aromatic heterocycles. The van der Waals surface area contributed by atoms with Crippen LogP contribution in [0.2, 0.25) is 0 Å². The van der Waals surface area contributed by atoms with Gasteiger partial charge in [-0.05, 0) is 6.42 Å². The van der Waals surface area contributed by atoms with Gasteiger partial charge in [0.25, 0.3) is 5.92 Å². The normalized spacial score (nSPS) is 13.6. The lowest BCUT2D eigenvalue weighted by Crippen LogP contribution is -2.40. The van der Waals surface area contributed by atoms with Crippen molar-refractivity contribution in [3.05, 3.63) is 35.9 Å². The standard InChI is InChI=1S/C13H18ClF2NO/c1-18-9-12(7-8-14)17-10-13(15,16)11-5-3-2-4-6-11/h2-6,12,17H,7-10H2,1H3. The lowest BCUT2D eigenvalue weighted by atomic mass is 10.1. The van der Waals surface area contributed by atoms with Crippen molar-refractivity contribution in [3.63, 3.8) is 0 Å². The minimum absolute atomic E-state index is 0.0135. The van der Waals surface area contributed by atoms with Crippen LogP contribution >= 0.6 is 11.6 Å². The lowest BCUT2D eigenvalue weighted by Gasteiger charge is -2.22. The van der Waals surface area contributed by atoms with Gasteiger partial charge in [0.15, 0.2) is 0 Å². The van der Waals surface area contributed by atoms with Crippen molar-refractivity contribution in [3.8, 4) is 0 Å². The van der Waals surface area contributed by atoms with Crippen molar-refractivity contribution < 1.29 is 13.5 Å². The highest BCUT2D eigenvalue weighted by molar-refractivity contribution is 6.17. The van der Waals surface area contributed by atoms with Gasteiger partial charge in [-0.1, -0.05) is 30.3 Å². The molecule has 1 N–H and O–H groups in total. The molecule has 0 radical (unpaired) electrons. The topological polar surface area (TPSA) is 21.3 Å². The van der Waals surface area contributed by atoms with Gasteiger partial charge < -0.3 is 10.1 Å². The Balaban J connectivity index is 2.54. The predicted octanol–water partition coefficient (Wildman–Crippen LogP) is 3.01. The summed E-state index contributed by atoms with van der Waals surface area (Å²) >= 11 is 5.62. The maximum atomic E-state index is 13.9. The zero-order valence-electron chi connectivity index (χ0n) is 10.3. The Morgan fingerprint density at radius 1 is 1.33 bits per heavy atom. The van der Waals surface area contributed by atoms with Crippen molar-refractivity contribution in [2.75, 3.05) is 26.1 Å². The van der Waals surface area contributed by atoms with Crippen LogP contribution in [0.4, 0.5) is 8.78 Å². The molecule has 2 nitrogen and oxygen atoms in total. The van der Waals surface area contributed by atoms with Crippen molar-refractivity contribution in [1.29, 1.82) is 0 Å². The molecule has 0 heterocycles. The summed E-state index contributed by atoms with van der Waals surface area (Å²) in [5.74, 6) is -2.47. The van der Waals surface area contributed by atoms with E-state index < -0.39 is 12.5 Å². The molecule has 0 saturated heterocycles. The monoisotopic (exact) mass is 277 g/mol. The van der Waals surface area contributed by atoms with E-state index in [2.05, 4.69) is 5.32 Å². The highest BCUT2D eigenvalue weighted by Crippen LogP contribution is 2.26. The van der Waals surface area contributed by atoms with Crippen LogP contribution in [0.15, 0.2) is 30.3 Å².